The van der Waals surface area contributed by atoms with E-state index in [-0.39, 0.29) is 11.9 Å². The maximum absolute atomic E-state index is 11.7. The molecule has 0 saturated heterocycles. The van der Waals surface area contributed by atoms with E-state index in [1.807, 2.05) is 31.8 Å². The Morgan fingerprint density at radius 1 is 1.59 bits per heavy atom. The average molecular weight is 233 g/mol. The maximum atomic E-state index is 11.7. The molecule has 92 valence electrons. The smallest absolute Gasteiger partial charge is 0.244 e. The van der Waals surface area contributed by atoms with Crippen LogP contribution in [0.4, 0.5) is 0 Å². The van der Waals surface area contributed by atoms with E-state index < -0.39 is 0 Å². The van der Waals surface area contributed by atoms with Crippen molar-refractivity contribution in [2.24, 2.45) is 7.05 Å². The highest BCUT2D eigenvalue weighted by Crippen LogP contribution is 2.28. The Balaban J connectivity index is 2.14. The fraction of sp³-hybridized carbons (Fsp3) is 0.538. The molecule has 1 heterocycles. The first kappa shape index (κ1) is 11.9. The molecule has 4 nitrogen and oxygen atoms in total. The minimum Gasteiger partial charge on any atom is -0.346 e. The van der Waals surface area contributed by atoms with Crippen LogP contribution in [0.15, 0.2) is 17.8 Å². The van der Waals surface area contributed by atoms with Gasteiger partial charge in [0.25, 0.3) is 0 Å². The zero-order valence-corrected chi connectivity index (χ0v) is 10.7. The van der Waals surface area contributed by atoms with Gasteiger partial charge in [0.2, 0.25) is 5.91 Å². The molecule has 1 amide bonds. The number of amides is 1. The van der Waals surface area contributed by atoms with Gasteiger partial charge in [0, 0.05) is 24.4 Å². The second kappa shape index (κ2) is 4.73. The van der Waals surface area contributed by atoms with Crippen molar-refractivity contribution in [1.29, 1.82) is 0 Å². The van der Waals surface area contributed by atoms with Gasteiger partial charge in [0.05, 0.1) is 12.2 Å². The number of allylic oxidation sites excluding steroid dienone is 1. The number of aryl methyl sites for hydroxylation is 1. The number of hydrogen-bond donors (Lipinski definition) is 1. The van der Waals surface area contributed by atoms with Crippen LogP contribution >= 0.6 is 0 Å². The summed E-state index contributed by atoms with van der Waals surface area (Å²) in [5, 5.41) is 7.32. The van der Waals surface area contributed by atoms with E-state index in [1.165, 1.54) is 11.3 Å². The third-order valence-corrected chi connectivity index (χ3v) is 3.11. The fourth-order valence-electron chi connectivity index (χ4n) is 2.33. The summed E-state index contributed by atoms with van der Waals surface area (Å²) >= 11 is 0. The normalized spacial score (nSPS) is 18.4. The number of carbonyl (C=O) groups is 1. The topological polar surface area (TPSA) is 46.9 Å². The summed E-state index contributed by atoms with van der Waals surface area (Å²) in [5.41, 5.74) is 3.44. The van der Waals surface area contributed by atoms with E-state index in [9.17, 15) is 4.79 Å². The van der Waals surface area contributed by atoms with Gasteiger partial charge < -0.3 is 5.32 Å². The molecule has 0 aliphatic heterocycles. The largest absolute Gasteiger partial charge is 0.346 e. The molecular weight excluding hydrogens is 214 g/mol. The molecule has 0 radical (unpaired) electrons. The second-order valence-electron chi connectivity index (χ2n) is 4.85. The summed E-state index contributed by atoms with van der Waals surface area (Å²) in [4.78, 5) is 11.7. The zero-order valence-electron chi connectivity index (χ0n) is 10.7. The molecule has 17 heavy (non-hydrogen) atoms. The van der Waals surface area contributed by atoms with E-state index in [1.54, 1.807) is 6.08 Å². The molecule has 2 rings (SSSR count). The van der Waals surface area contributed by atoms with Crippen molar-refractivity contribution in [3.05, 3.63) is 29.1 Å². The van der Waals surface area contributed by atoms with Crippen LogP contribution in [0, 0.1) is 0 Å². The van der Waals surface area contributed by atoms with Crippen LogP contribution in [0.25, 0.3) is 0 Å². The van der Waals surface area contributed by atoms with Crippen molar-refractivity contribution in [2.75, 3.05) is 0 Å². The van der Waals surface area contributed by atoms with Crippen LogP contribution < -0.4 is 5.32 Å². The van der Waals surface area contributed by atoms with Crippen molar-refractivity contribution in [1.82, 2.24) is 15.1 Å². The molecule has 0 bridgehead atoms. The Hall–Kier alpha value is -1.58. The number of carbonyl (C=O) groups excluding carboxylic acids is 1. The lowest BCUT2D eigenvalue weighted by molar-refractivity contribution is -0.117. The van der Waals surface area contributed by atoms with Gasteiger partial charge in [-0.2, -0.15) is 5.10 Å². The van der Waals surface area contributed by atoms with Crippen molar-refractivity contribution in [3.8, 4) is 0 Å². The predicted octanol–water partition coefficient (Wildman–Crippen LogP) is 1.88. The highest BCUT2D eigenvalue weighted by atomic mass is 16.1. The highest BCUT2D eigenvalue weighted by Gasteiger charge is 2.24. The highest BCUT2D eigenvalue weighted by molar-refractivity contribution is 5.88. The molecular formula is C13H19N3O. The molecule has 4 heteroatoms. The summed E-state index contributed by atoms with van der Waals surface area (Å²) < 4.78 is 1.91. The van der Waals surface area contributed by atoms with Gasteiger partial charge in [0.1, 0.15) is 0 Å². The molecule has 0 fully saturated rings. The van der Waals surface area contributed by atoms with Gasteiger partial charge in [-0.3, -0.25) is 9.48 Å². The summed E-state index contributed by atoms with van der Waals surface area (Å²) in [6.45, 7) is 3.85. The third-order valence-electron chi connectivity index (χ3n) is 3.11. The average Bonchev–Trinajstić information content (AvgIpc) is 2.61. The Labute approximate surface area is 102 Å². The molecule has 1 unspecified atom stereocenters. The SMILES string of the molecule is CC(C)=CC(=O)NC1CCCc2c1cnn2C. The Bertz CT molecular complexity index is 455. The maximum Gasteiger partial charge on any atom is 0.244 e. The van der Waals surface area contributed by atoms with Gasteiger partial charge in [-0.05, 0) is 33.1 Å². The number of fused-ring (bicyclic) bond motifs is 1. The number of aromatic nitrogens is 2. The van der Waals surface area contributed by atoms with Crippen molar-refractivity contribution >= 4 is 5.91 Å². The first-order valence-corrected chi connectivity index (χ1v) is 6.04. The molecule has 1 N–H and O–H groups in total. The molecule has 1 atom stereocenters. The lowest BCUT2D eigenvalue weighted by Gasteiger charge is -2.23. The molecule has 0 spiro atoms. The van der Waals surface area contributed by atoms with Crippen LogP contribution in [0.3, 0.4) is 0 Å². The number of hydrogen-bond acceptors (Lipinski definition) is 2. The first-order valence-electron chi connectivity index (χ1n) is 6.04. The summed E-state index contributed by atoms with van der Waals surface area (Å²) in [6.07, 6.45) is 6.68. The molecule has 1 aliphatic carbocycles. The van der Waals surface area contributed by atoms with Gasteiger partial charge in [-0.1, -0.05) is 5.57 Å². The first-order chi connectivity index (χ1) is 8.08. The van der Waals surface area contributed by atoms with Crippen LogP contribution in [0.1, 0.15) is 44.0 Å². The second-order valence-corrected chi connectivity index (χ2v) is 4.85. The van der Waals surface area contributed by atoms with E-state index in [0.29, 0.717) is 0 Å². The standard InChI is InChI=1S/C13H19N3O/c1-9(2)7-13(17)15-11-5-4-6-12-10(11)8-14-16(12)3/h7-8,11H,4-6H2,1-3H3,(H,15,17). The van der Waals surface area contributed by atoms with E-state index in [4.69, 9.17) is 0 Å². The van der Waals surface area contributed by atoms with Gasteiger partial charge in [-0.25, -0.2) is 0 Å². The van der Waals surface area contributed by atoms with E-state index >= 15 is 0 Å². The van der Waals surface area contributed by atoms with Crippen LogP contribution in [0.5, 0.6) is 0 Å². The van der Waals surface area contributed by atoms with Crippen molar-refractivity contribution < 1.29 is 4.79 Å². The minimum atomic E-state index is -0.00768. The Morgan fingerprint density at radius 3 is 3.06 bits per heavy atom. The monoisotopic (exact) mass is 233 g/mol. The molecule has 1 aliphatic rings. The Kier molecular flexibility index (Phi) is 3.31. The van der Waals surface area contributed by atoms with E-state index in [0.717, 1.165) is 24.8 Å². The fourth-order valence-corrected chi connectivity index (χ4v) is 2.33. The lowest BCUT2D eigenvalue weighted by Crippen LogP contribution is -2.29. The van der Waals surface area contributed by atoms with Crippen LogP contribution in [0.2, 0.25) is 0 Å². The third kappa shape index (κ3) is 2.57. The van der Waals surface area contributed by atoms with Gasteiger partial charge in [-0.15, -0.1) is 0 Å². The van der Waals surface area contributed by atoms with Gasteiger partial charge >= 0.3 is 0 Å². The van der Waals surface area contributed by atoms with Crippen molar-refractivity contribution in [3.63, 3.8) is 0 Å². The number of rotatable bonds is 2. The quantitative estimate of drug-likeness (QED) is 0.793. The van der Waals surface area contributed by atoms with Crippen LogP contribution in [-0.4, -0.2) is 15.7 Å². The van der Waals surface area contributed by atoms with Gasteiger partial charge in [0.15, 0.2) is 0 Å². The molecule has 0 aromatic carbocycles. The molecule has 1 aromatic rings. The Morgan fingerprint density at radius 2 is 2.35 bits per heavy atom. The predicted molar refractivity (Wildman–Crippen MR) is 66.5 cm³/mol. The summed E-state index contributed by atoms with van der Waals surface area (Å²) in [5.74, 6) is -0.00768. The van der Waals surface area contributed by atoms with Crippen LogP contribution in [-0.2, 0) is 18.3 Å². The summed E-state index contributed by atoms with van der Waals surface area (Å²) in [6, 6.07) is 0.121. The van der Waals surface area contributed by atoms with Crippen molar-refractivity contribution in [2.45, 2.75) is 39.2 Å². The number of nitrogens with zero attached hydrogens (tertiary/aromatic N) is 2. The minimum absolute atomic E-state index is 0.00768. The number of nitrogens with one attached hydrogen (secondary N) is 1. The lowest BCUT2D eigenvalue weighted by atomic mass is 9.93. The molecule has 0 saturated carbocycles. The zero-order chi connectivity index (χ0) is 12.4. The molecule has 1 aromatic heterocycles. The summed E-state index contributed by atoms with van der Waals surface area (Å²) in [7, 11) is 1.96. The van der Waals surface area contributed by atoms with E-state index in [2.05, 4.69) is 10.4 Å².